The number of halogens is 1. The van der Waals surface area contributed by atoms with Crippen molar-refractivity contribution < 1.29 is 9.59 Å². The number of rotatable bonds is 2. The predicted molar refractivity (Wildman–Crippen MR) is 84.9 cm³/mol. The van der Waals surface area contributed by atoms with Gasteiger partial charge in [-0.3, -0.25) is 14.6 Å². The summed E-state index contributed by atoms with van der Waals surface area (Å²) in [6.45, 7) is 3.29. The van der Waals surface area contributed by atoms with Crippen molar-refractivity contribution in [2.24, 2.45) is 0 Å². The van der Waals surface area contributed by atoms with Crippen molar-refractivity contribution >= 4 is 29.2 Å². The van der Waals surface area contributed by atoms with Crippen LogP contribution < -0.4 is 10.2 Å². The third-order valence-corrected chi connectivity index (χ3v) is 4.50. The number of urea groups is 1. The summed E-state index contributed by atoms with van der Waals surface area (Å²) in [6, 6.07) is 7.49. The maximum atomic E-state index is 11.8. The molecule has 0 aliphatic carbocycles. The highest BCUT2D eigenvalue weighted by Crippen LogP contribution is 2.22. The lowest BCUT2D eigenvalue weighted by Crippen LogP contribution is -2.62. The highest BCUT2D eigenvalue weighted by atomic mass is 35.5. The molecule has 3 rings (SSSR count). The van der Waals surface area contributed by atoms with Crippen LogP contribution in [0, 0.1) is 0 Å². The van der Waals surface area contributed by atoms with E-state index in [1.807, 2.05) is 24.3 Å². The fraction of sp³-hybridized carbons (Fsp3) is 0.467. The van der Waals surface area contributed by atoms with Crippen molar-refractivity contribution in [3.63, 3.8) is 0 Å². The van der Waals surface area contributed by atoms with E-state index in [2.05, 4.69) is 15.1 Å². The van der Waals surface area contributed by atoms with Gasteiger partial charge in [-0.1, -0.05) is 17.7 Å². The summed E-state index contributed by atoms with van der Waals surface area (Å²) >= 11 is 6.03. The zero-order chi connectivity index (χ0) is 15.7. The molecular weight excluding hydrogens is 304 g/mol. The SMILES string of the molecule is CN1C(=O)CC(N2CCN(c3cccc(Cl)c3)CC2)NC1=O. The number of nitrogens with zero attached hydrogens (tertiary/aromatic N) is 3. The van der Waals surface area contributed by atoms with Gasteiger partial charge in [-0.2, -0.15) is 0 Å². The van der Waals surface area contributed by atoms with Gasteiger partial charge in [0.15, 0.2) is 0 Å². The minimum Gasteiger partial charge on any atom is -0.369 e. The number of piperazine rings is 1. The number of benzene rings is 1. The molecule has 1 atom stereocenters. The number of amides is 3. The molecule has 0 aromatic heterocycles. The van der Waals surface area contributed by atoms with Gasteiger partial charge in [-0.25, -0.2) is 4.79 Å². The molecule has 0 bridgehead atoms. The first-order chi connectivity index (χ1) is 10.5. The highest BCUT2D eigenvalue weighted by molar-refractivity contribution is 6.30. The standard InChI is InChI=1S/C15H19ClN4O2/c1-18-14(21)10-13(17-15(18)22)20-7-5-19(6-8-20)12-4-2-3-11(16)9-12/h2-4,9,13H,5-8,10H2,1H3,(H,17,22). The first-order valence-electron chi connectivity index (χ1n) is 7.36. The number of anilines is 1. The van der Waals surface area contributed by atoms with Gasteiger partial charge in [0.1, 0.15) is 0 Å². The molecule has 2 aliphatic rings. The molecule has 22 heavy (non-hydrogen) atoms. The zero-order valence-corrected chi connectivity index (χ0v) is 13.2. The van der Waals surface area contributed by atoms with Crippen molar-refractivity contribution in [3.05, 3.63) is 29.3 Å². The molecule has 2 heterocycles. The average Bonchev–Trinajstić information content (AvgIpc) is 2.52. The fourth-order valence-corrected chi connectivity index (χ4v) is 3.08. The average molecular weight is 323 g/mol. The van der Waals surface area contributed by atoms with Crippen LogP contribution in [0.2, 0.25) is 5.02 Å². The largest absolute Gasteiger partial charge is 0.369 e. The van der Waals surface area contributed by atoms with E-state index in [1.54, 1.807) is 0 Å². The second kappa shape index (κ2) is 6.14. The molecule has 6 nitrogen and oxygen atoms in total. The van der Waals surface area contributed by atoms with Gasteiger partial charge >= 0.3 is 6.03 Å². The van der Waals surface area contributed by atoms with E-state index < -0.39 is 0 Å². The van der Waals surface area contributed by atoms with Gasteiger partial charge in [-0.05, 0) is 18.2 Å². The lowest BCUT2D eigenvalue weighted by Gasteiger charge is -2.42. The summed E-state index contributed by atoms with van der Waals surface area (Å²) in [7, 11) is 1.50. The Labute approximate surface area is 134 Å². The van der Waals surface area contributed by atoms with E-state index >= 15 is 0 Å². The minimum absolute atomic E-state index is 0.133. The van der Waals surface area contributed by atoms with Gasteiger partial charge in [0.2, 0.25) is 5.91 Å². The molecular formula is C15H19ClN4O2. The summed E-state index contributed by atoms with van der Waals surface area (Å²) in [5.74, 6) is -0.133. The molecule has 0 saturated carbocycles. The van der Waals surface area contributed by atoms with Crippen LogP contribution in [0.1, 0.15) is 6.42 Å². The molecule has 1 aromatic carbocycles. The summed E-state index contributed by atoms with van der Waals surface area (Å²) in [5.41, 5.74) is 1.11. The summed E-state index contributed by atoms with van der Waals surface area (Å²) in [6.07, 6.45) is 0.136. The van der Waals surface area contributed by atoms with E-state index in [4.69, 9.17) is 11.6 Å². The lowest BCUT2D eigenvalue weighted by molar-refractivity contribution is -0.130. The third-order valence-electron chi connectivity index (χ3n) is 4.27. The first-order valence-corrected chi connectivity index (χ1v) is 7.74. The Bertz CT molecular complexity index is 569. The van der Waals surface area contributed by atoms with Crippen molar-refractivity contribution in [1.29, 1.82) is 0 Å². The predicted octanol–water partition coefficient (Wildman–Crippen LogP) is 1.36. The Kier molecular flexibility index (Phi) is 4.22. The van der Waals surface area contributed by atoms with Gasteiger partial charge in [0, 0.05) is 43.9 Å². The van der Waals surface area contributed by atoms with Crippen molar-refractivity contribution in [3.8, 4) is 0 Å². The van der Waals surface area contributed by atoms with E-state index in [1.165, 1.54) is 7.05 Å². The molecule has 7 heteroatoms. The summed E-state index contributed by atoms with van der Waals surface area (Å²) in [5, 5.41) is 3.61. The Hall–Kier alpha value is -1.79. The van der Waals surface area contributed by atoms with E-state index in [0.717, 1.165) is 41.8 Å². The van der Waals surface area contributed by atoms with Gasteiger partial charge in [0.05, 0.1) is 12.6 Å². The molecule has 0 radical (unpaired) electrons. The molecule has 2 saturated heterocycles. The van der Waals surface area contributed by atoms with Crippen LogP contribution in [0.15, 0.2) is 24.3 Å². The second-order valence-electron chi connectivity index (χ2n) is 5.63. The van der Waals surface area contributed by atoms with Crippen molar-refractivity contribution in [2.75, 3.05) is 38.1 Å². The number of carbonyl (C=O) groups is 2. The van der Waals surface area contributed by atoms with Crippen molar-refractivity contribution in [2.45, 2.75) is 12.6 Å². The lowest BCUT2D eigenvalue weighted by atomic mass is 10.2. The molecule has 1 N–H and O–H groups in total. The Morgan fingerprint density at radius 1 is 1.18 bits per heavy atom. The molecule has 2 fully saturated rings. The number of hydrogen-bond donors (Lipinski definition) is 1. The third kappa shape index (κ3) is 3.03. The van der Waals surface area contributed by atoms with Crippen LogP contribution in [-0.4, -0.2) is 61.1 Å². The quantitative estimate of drug-likeness (QED) is 0.893. The minimum atomic E-state index is -0.321. The second-order valence-corrected chi connectivity index (χ2v) is 6.06. The topological polar surface area (TPSA) is 55.9 Å². The van der Waals surface area contributed by atoms with E-state index in [0.29, 0.717) is 6.42 Å². The van der Waals surface area contributed by atoms with Crippen molar-refractivity contribution in [1.82, 2.24) is 15.1 Å². The number of nitrogens with one attached hydrogen (secondary N) is 1. The Balaban J connectivity index is 1.60. The van der Waals surface area contributed by atoms with Gasteiger partial charge in [-0.15, -0.1) is 0 Å². The van der Waals surface area contributed by atoms with Gasteiger partial charge in [0.25, 0.3) is 0 Å². The Morgan fingerprint density at radius 3 is 2.55 bits per heavy atom. The van der Waals surface area contributed by atoms with Crippen LogP contribution in [0.4, 0.5) is 10.5 Å². The molecule has 118 valence electrons. The molecule has 0 spiro atoms. The van der Waals surface area contributed by atoms with E-state index in [-0.39, 0.29) is 18.1 Å². The molecule has 1 unspecified atom stereocenters. The van der Waals surface area contributed by atoms with Crippen LogP contribution in [0.25, 0.3) is 0 Å². The fourth-order valence-electron chi connectivity index (χ4n) is 2.89. The molecule has 2 aliphatic heterocycles. The maximum absolute atomic E-state index is 11.8. The maximum Gasteiger partial charge on any atom is 0.325 e. The monoisotopic (exact) mass is 322 g/mol. The van der Waals surface area contributed by atoms with E-state index in [9.17, 15) is 9.59 Å². The smallest absolute Gasteiger partial charge is 0.325 e. The number of imide groups is 1. The number of hydrogen-bond acceptors (Lipinski definition) is 4. The Morgan fingerprint density at radius 2 is 1.91 bits per heavy atom. The first kappa shape index (κ1) is 15.1. The summed E-state index contributed by atoms with van der Waals surface area (Å²) in [4.78, 5) is 29.1. The van der Waals surface area contributed by atoms with Crippen LogP contribution in [0.5, 0.6) is 0 Å². The van der Waals surface area contributed by atoms with Crippen LogP contribution >= 0.6 is 11.6 Å². The molecule has 3 amide bonds. The van der Waals surface area contributed by atoms with Crippen LogP contribution in [0.3, 0.4) is 0 Å². The summed E-state index contributed by atoms with van der Waals surface area (Å²) < 4.78 is 0. The van der Waals surface area contributed by atoms with Crippen LogP contribution in [-0.2, 0) is 4.79 Å². The molecule has 1 aromatic rings. The highest BCUT2D eigenvalue weighted by Gasteiger charge is 2.34. The zero-order valence-electron chi connectivity index (χ0n) is 12.5. The van der Waals surface area contributed by atoms with Gasteiger partial charge < -0.3 is 10.2 Å². The normalized spacial score (nSPS) is 23.6. The number of carbonyl (C=O) groups excluding carboxylic acids is 2.